The van der Waals surface area contributed by atoms with Crippen molar-refractivity contribution in [2.24, 2.45) is 7.05 Å². The van der Waals surface area contributed by atoms with E-state index >= 15 is 0 Å². The molecule has 1 aromatic heterocycles. The third kappa shape index (κ3) is 2.87. The lowest BCUT2D eigenvalue weighted by atomic mass is 10.1. The Balaban J connectivity index is 1.88. The summed E-state index contributed by atoms with van der Waals surface area (Å²) in [5.41, 5.74) is 5.50. The summed E-state index contributed by atoms with van der Waals surface area (Å²) in [4.78, 5) is 12.5. The van der Waals surface area contributed by atoms with E-state index in [1.54, 1.807) is 0 Å². The molecule has 118 valence electrons. The minimum absolute atomic E-state index is 0.0327. The fourth-order valence-electron chi connectivity index (χ4n) is 3.13. The van der Waals surface area contributed by atoms with Gasteiger partial charge in [0, 0.05) is 29.3 Å². The molecule has 0 aliphatic heterocycles. The van der Waals surface area contributed by atoms with E-state index in [9.17, 15) is 4.79 Å². The molecule has 1 N–H and O–H groups in total. The number of amides is 1. The summed E-state index contributed by atoms with van der Waals surface area (Å²) in [5, 5.41) is 4.22. The molecule has 0 bridgehead atoms. The SMILES string of the molecule is CCc1ccccc1NC(=O)Cc1c(C)n(C)c2ccccc12. The lowest BCUT2D eigenvalue weighted by Gasteiger charge is -2.10. The van der Waals surface area contributed by atoms with Crippen molar-refractivity contribution in [2.75, 3.05) is 5.32 Å². The van der Waals surface area contributed by atoms with Gasteiger partial charge in [0.1, 0.15) is 0 Å². The Kier molecular flexibility index (Phi) is 4.20. The van der Waals surface area contributed by atoms with Gasteiger partial charge in [-0.1, -0.05) is 43.3 Å². The van der Waals surface area contributed by atoms with Gasteiger partial charge in [0.15, 0.2) is 0 Å². The highest BCUT2D eigenvalue weighted by atomic mass is 16.1. The fraction of sp³-hybridized carbons (Fsp3) is 0.250. The van der Waals surface area contributed by atoms with Gasteiger partial charge in [0.05, 0.1) is 6.42 Å². The van der Waals surface area contributed by atoms with Crippen LogP contribution in [0.4, 0.5) is 5.69 Å². The molecule has 3 nitrogen and oxygen atoms in total. The zero-order valence-corrected chi connectivity index (χ0v) is 13.9. The maximum atomic E-state index is 12.5. The zero-order valence-electron chi connectivity index (χ0n) is 13.9. The van der Waals surface area contributed by atoms with E-state index in [-0.39, 0.29) is 5.91 Å². The normalized spacial score (nSPS) is 10.9. The first-order chi connectivity index (χ1) is 11.1. The number of aromatic nitrogens is 1. The Morgan fingerprint density at radius 3 is 2.57 bits per heavy atom. The van der Waals surface area contributed by atoms with E-state index in [1.165, 1.54) is 5.52 Å². The molecular weight excluding hydrogens is 284 g/mol. The summed E-state index contributed by atoms with van der Waals surface area (Å²) in [6.45, 7) is 4.17. The number of para-hydroxylation sites is 2. The zero-order chi connectivity index (χ0) is 16.4. The topological polar surface area (TPSA) is 34.0 Å². The molecule has 0 aliphatic carbocycles. The van der Waals surface area contributed by atoms with Crippen LogP contribution >= 0.6 is 0 Å². The second-order valence-corrected chi connectivity index (χ2v) is 5.88. The first-order valence-electron chi connectivity index (χ1n) is 8.02. The maximum absolute atomic E-state index is 12.5. The van der Waals surface area contributed by atoms with E-state index in [4.69, 9.17) is 0 Å². The van der Waals surface area contributed by atoms with E-state index in [0.29, 0.717) is 6.42 Å². The van der Waals surface area contributed by atoms with E-state index in [2.05, 4.69) is 41.9 Å². The summed E-state index contributed by atoms with van der Waals surface area (Å²) >= 11 is 0. The number of benzene rings is 2. The largest absolute Gasteiger partial charge is 0.348 e. The highest BCUT2D eigenvalue weighted by molar-refractivity contribution is 5.97. The van der Waals surface area contributed by atoms with Crippen LogP contribution in [-0.4, -0.2) is 10.5 Å². The van der Waals surface area contributed by atoms with Gasteiger partial charge in [0.25, 0.3) is 0 Å². The second-order valence-electron chi connectivity index (χ2n) is 5.88. The molecule has 0 aliphatic rings. The lowest BCUT2D eigenvalue weighted by Crippen LogP contribution is -2.16. The molecule has 0 radical (unpaired) electrons. The Hall–Kier alpha value is -2.55. The number of nitrogens with one attached hydrogen (secondary N) is 1. The van der Waals surface area contributed by atoms with Gasteiger partial charge in [0.2, 0.25) is 5.91 Å². The average molecular weight is 306 g/mol. The van der Waals surface area contributed by atoms with Gasteiger partial charge >= 0.3 is 0 Å². The molecule has 0 spiro atoms. The number of rotatable bonds is 4. The summed E-state index contributed by atoms with van der Waals surface area (Å²) < 4.78 is 2.15. The molecule has 0 saturated carbocycles. The number of hydrogen-bond donors (Lipinski definition) is 1. The number of anilines is 1. The number of fused-ring (bicyclic) bond motifs is 1. The number of carbonyl (C=O) groups excluding carboxylic acids is 1. The number of nitrogens with zero attached hydrogens (tertiary/aromatic N) is 1. The van der Waals surface area contributed by atoms with Crippen molar-refractivity contribution in [1.29, 1.82) is 0 Å². The van der Waals surface area contributed by atoms with Crippen LogP contribution in [0.1, 0.15) is 23.7 Å². The Morgan fingerprint density at radius 1 is 1.09 bits per heavy atom. The second kappa shape index (κ2) is 6.29. The summed E-state index contributed by atoms with van der Waals surface area (Å²) in [5.74, 6) is 0.0327. The molecule has 0 unspecified atom stereocenters. The van der Waals surface area contributed by atoms with Crippen molar-refractivity contribution in [3.8, 4) is 0 Å². The smallest absolute Gasteiger partial charge is 0.228 e. The standard InChI is InChI=1S/C20H22N2O/c1-4-15-9-5-7-11-18(15)21-20(23)13-17-14(2)22(3)19-12-8-6-10-16(17)19/h5-12H,4,13H2,1-3H3,(H,21,23). The van der Waals surface area contributed by atoms with Gasteiger partial charge in [-0.15, -0.1) is 0 Å². The molecule has 0 saturated heterocycles. The Bertz CT molecular complexity index is 861. The average Bonchev–Trinajstić information content (AvgIpc) is 2.81. The predicted octanol–water partition coefficient (Wildman–Crippen LogP) is 4.23. The van der Waals surface area contributed by atoms with Crippen LogP contribution in [-0.2, 0) is 24.7 Å². The third-order valence-electron chi connectivity index (χ3n) is 4.54. The number of hydrogen-bond acceptors (Lipinski definition) is 1. The van der Waals surface area contributed by atoms with Gasteiger partial charge < -0.3 is 9.88 Å². The molecule has 1 amide bonds. The van der Waals surface area contributed by atoms with E-state index < -0.39 is 0 Å². The molecule has 3 heteroatoms. The molecule has 0 atom stereocenters. The van der Waals surface area contributed by atoms with Crippen LogP contribution in [0.3, 0.4) is 0 Å². The minimum atomic E-state index is 0.0327. The highest BCUT2D eigenvalue weighted by Crippen LogP contribution is 2.25. The molecule has 2 aromatic carbocycles. The quantitative estimate of drug-likeness (QED) is 0.769. The van der Waals surface area contributed by atoms with E-state index in [0.717, 1.165) is 34.3 Å². The first kappa shape index (κ1) is 15.3. The van der Waals surface area contributed by atoms with Crippen LogP contribution in [0, 0.1) is 6.92 Å². The predicted molar refractivity (Wildman–Crippen MR) is 95.8 cm³/mol. The Morgan fingerprint density at radius 2 is 1.78 bits per heavy atom. The number of aryl methyl sites for hydroxylation is 2. The van der Waals surface area contributed by atoms with Crippen LogP contribution in [0.5, 0.6) is 0 Å². The van der Waals surface area contributed by atoms with Gasteiger partial charge in [-0.25, -0.2) is 0 Å². The minimum Gasteiger partial charge on any atom is -0.348 e. The summed E-state index contributed by atoms with van der Waals surface area (Å²) in [7, 11) is 2.05. The molecular formula is C20H22N2O. The Labute approximate surface area is 136 Å². The summed E-state index contributed by atoms with van der Waals surface area (Å²) in [6.07, 6.45) is 1.30. The van der Waals surface area contributed by atoms with Crippen molar-refractivity contribution in [1.82, 2.24) is 4.57 Å². The lowest BCUT2D eigenvalue weighted by molar-refractivity contribution is -0.115. The van der Waals surface area contributed by atoms with Crippen molar-refractivity contribution >= 4 is 22.5 Å². The third-order valence-corrected chi connectivity index (χ3v) is 4.54. The van der Waals surface area contributed by atoms with Crippen LogP contribution < -0.4 is 5.32 Å². The van der Waals surface area contributed by atoms with Crippen LogP contribution in [0.25, 0.3) is 10.9 Å². The van der Waals surface area contributed by atoms with Gasteiger partial charge in [-0.2, -0.15) is 0 Å². The first-order valence-corrected chi connectivity index (χ1v) is 8.02. The van der Waals surface area contributed by atoms with Gasteiger partial charge in [-0.3, -0.25) is 4.79 Å². The summed E-state index contributed by atoms with van der Waals surface area (Å²) in [6, 6.07) is 16.2. The van der Waals surface area contributed by atoms with Crippen molar-refractivity contribution in [3.05, 3.63) is 65.4 Å². The van der Waals surface area contributed by atoms with Crippen molar-refractivity contribution < 1.29 is 4.79 Å². The molecule has 1 heterocycles. The molecule has 23 heavy (non-hydrogen) atoms. The molecule has 0 fully saturated rings. The van der Waals surface area contributed by atoms with Crippen LogP contribution in [0.2, 0.25) is 0 Å². The molecule has 3 aromatic rings. The highest BCUT2D eigenvalue weighted by Gasteiger charge is 2.15. The van der Waals surface area contributed by atoms with Crippen molar-refractivity contribution in [3.63, 3.8) is 0 Å². The number of carbonyl (C=O) groups is 1. The van der Waals surface area contributed by atoms with Crippen LogP contribution in [0.15, 0.2) is 48.5 Å². The fourth-order valence-corrected chi connectivity index (χ4v) is 3.13. The van der Waals surface area contributed by atoms with Crippen molar-refractivity contribution in [2.45, 2.75) is 26.7 Å². The van der Waals surface area contributed by atoms with Gasteiger partial charge in [-0.05, 0) is 36.6 Å². The van der Waals surface area contributed by atoms with E-state index in [1.807, 2.05) is 37.4 Å². The maximum Gasteiger partial charge on any atom is 0.228 e. The molecule has 3 rings (SSSR count). The monoisotopic (exact) mass is 306 g/mol.